The minimum atomic E-state index is 0.496. The van der Waals surface area contributed by atoms with Gasteiger partial charge in [-0.1, -0.05) is 11.6 Å². The largest absolute Gasteiger partial charge is 0.495 e. The van der Waals surface area contributed by atoms with E-state index in [1.807, 2.05) is 6.92 Å². The SMILES string of the molecule is COc1ncc(Cl)c(OC)c1C. The minimum Gasteiger partial charge on any atom is -0.495 e. The van der Waals surface area contributed by atoms with Gasteiger partial charge in [-0.05, 0) is 6.92 Å². The van der Waals surface area contributed by atoms with Crippen molar-refractivity contribution in [1.29, 1.82) is 0 Å². The molecule has 0 fully saturated rings. The van der Waals surface area contributed by atoms with Crippen LogP contribution in [0, 0.1) is 6.92 Å². The van der Waals surface area contributed by atoms with E-state index in [0.29, 0.717) is 16.7 Å². The summed E-state index contributed by atoms with van der Waals surface area (Å²) in [5, 5.41) is 0.496. The van der Waals surface area contributed by atoms with Gasteiger partial charge in [-0.25, -0.2) is 4.98 Å². The van der Waals surface area contributed by atoms with E-state index < -0.39 is 0 Å². The van der Waals surface area contributed by atoms with Crippen LogP contribution >= 0.6 is 11.6 Å². The fourth-order valence-corrected chi connectivity index (χ4v) is 1.27. The third-order valence-corrected chi connectivity index (χ3v) is 1.84. The topological polar surface area (TPSA) is 31.4 Å². The van der Waals surface area contributed by atoms with E-state index in [2.05, 4.69) is 4.98 Å². The molecular formula is C8H10ClNO2. The van der Waals surface area contributed by atoms with Crippen LogP contribution in [0.4, 0.5) is 0 Å². The molecule has 0 saturated heterocycles. The molecule has 0 aromatic carbocycles. The monoisotopic (exact) mass is 187 g/mol. The third-order valence-electron chi connectivity index (χ3n) is 1.57. The Morgan fingerprint density at radius 1 is 1.33 bits per heavy atom. The highest BCUT2D eigenvalue weighted by atomic mass is 35.5. The predicted molar refractivity (Wildman–Crippen MR) is 47.1 cm³/mol. The van der Waals surface area contributed by atoms with Crippen molar-refractivity contribution in [3.05, 3.63) is 16.8 Å². The zero-order valence-corrected chi connectivity index (χ0v) is 7.97. The first kappa shape index (κ1) is 9.13. The Labute approximate surface area is 76.3 Å². The fraction of sp³-hybridized carbons (Fsp3) is 0.375. The Balaban J connectivity index is 3.24. The molecule has 1 aromatic heterocycles. The Kier molecular flexibility index (Phi) is 2.76. The van der Waals surface area contributed by atoms with Crippen LogP contribution in [0.3, 0.4) is 0 Å². The number of ether oxygens (including phenoxy) is 2. The van der Waals surface area contributed by atoms with Gasteiger partial charge in [0.15, 0.2) is 0 Å². The summed E-state index contributed by atoms with van der Waals surface area (Å²) < 4.78 is 10.1. The maximum absolute atomic E-state index is 5.82. The van der Waals surface area contributed by atoms with E-state index in [1.54, 1.807) is 14.2 Å². The Morgan fingerprint density at radius 3 is 2.50 bits per heavy atom. The number of halogens is 1. The lowest BCUT2D eigenvalue weighted by atomic mass is 10.3. The maximum atomic E-state index is 5.82. The molecule has 0 spiro atoms. The summed E-state index contributed by atoms with van der Waals surface area (Å²) in [7, 11) is 3.12. The van der Waals surface area contributed by atoms with E-state index in [1.165, 1.54) is 6.20 Å². The van der Waals surface area contributed by atoms with Gasteiger partial charge in [0.25, 0.3) is 0 Å². The highest BCUT2D eigenvalue weighted by Crippen LogP contribution is 2.31. The molecule has 1 heterocycles. The molecule has 0 aliphatic carbocycles. The van der Waals surface area contributed by atoms with Gasteiger partial charge in [-0.15, -0.1) is 0 Å². The van der Waals surface area contributed by atoms with Gasteiger partial charge in [0.2, 0.25) is 5.88 Å². The van der Waals surface area contributed by atoms with Gasteiger partial charge in [-0.2, -0.15) is 0 Å². The number of nitrogens with zero attached hydrogens (tertiary/aromatic N) is 1. The number of rotatable bonds is 2. The third kappa shape index (κ3) is 1.46. The smallest absolute Gasteiger partial charge is 0.219 e. The summed E-state index contributed by atoms with van der Waals surface area (Å²) in [5.74, 6) is 1.15. The average Bonchev–Trinajstić information content (AvgIpc) is 2.06. The molecule has 0 aliphatic heterocycles. The van der Waals surface area contributed by atoms with Crippen molar-refractivity contribution in [2.24, 2.45) is 0 Å². The summed E-state index contributed by atoms with van der Waals surface area (Å²) in [6, 6.07) is 0. The molecule has 0 saturated carbocycles. The van der Waals surface area contributed by atoms with E-state index >= 15 is 0 Å². The molecule has 0 bridgehead atoms. The molecule has 1 rings (SSSR count). The van der Waals surface area contributed by atoms with Gasteiger partial charge in [0.05, 0.1) is 26.0 Å². The van der Waals surface area contributed by atoms with Crippen molar-refractivity contribution in [3.63, 3.8) is 0 Å². The summed E-state index contributed by atoms with van der Waals surface area (Å²) in [6.07, 6.45) is 1.51. The summed E-state index contributed by atoms with van der Waals surface area (Å²) >= 11 is 5.82. The molecular weight excluding hydrogens is 178 g/mol. The number of hydrogen-bond donors (Lipinski definition) is 0. The molecule has 12 heavy (non-hydrogen) atoms. The summed E-state index contributed by atoms with van der Waals surface area (Å²) in [6.45, 7) is 1.84. The second-order valence-electron chi connectivity index (χ2n) is 2.27. The first-order valence-electron chi connectivity index (χ1n) is 3.43. The normalized spacial score (nSPS) is 9.67. The van der Waals surface area contributed by atoms with Gasteiger partial charge in [0.1, 0.15) is 10.8 Å². The van der Waals surface area contributed by atoms with E-state index in [0.717, 1.165) is 5.56 Å². The van der Waals surface area contributed by atoms with Crippen LogP contribution in [0.1, 0.15) is 5.56 Å². The quantitative estimate of drug-likeness (QED) is 0.710. The predicted octanol–water partition coefficient (Wildman–Crippen LogP) is 2.06. The molecule has 0 N–H and O–H groups in total. The lowest BCUT2D eigenvalue weighted by molar-refractivity contribution is 0.377. The van der Waals surface area contributed by atoms with Crippen LogP contribution < -0.4 is 9.47 Å². The lowest BCUT2D eigenvalue weighted by Gasteiger charge is -2.09. The summed E-state index contributed by atoms with van der Waals surface area (Å²) in [5.41, 5.74) is 0.812. The number of methoxy groups -OCH3 is 2. The van der Waals surface area contributed by atoms with E-state index in [4.69, 9.17) is 21.1 Å². The second kappa shape index (κ2) is 3.63. The van der Waals surface area contributed by atoms with Crippen molar-refractivity contribution in [3.8, 4) is 11.6 Å². The van der Waals surface area contributed by atoms with E-state index in [9.17, 15) is 0 Å². The highest BCUT2D eigenvalue weighted by molar-refractivity contribution is 6.32. The Bertz CT molecular complexity index is 289. The maximum Gasteiger partial charge on any atom is 0.219 e. The lowest BCUT2D eigenvalue weighted by Crippen LogP contribution is -1.95. The molecule has 0 amide bonds. The molecule has 4 heteroatoms. The first-order chi connectivity index (χ1) is 5.70. The molecule has 66 valence electrons. The highest BCUT2D eigenvalue weighted by Gasteiger charge is 2.09. The van der Waals surface area contributed by atoms with Crippen molar-refractivity contribution in [1.82, 2.24) is 4.98 Å². The van der Waals surface area contributed by atoms with Crippen LogP contribution in [-0.4, -0.2) is 19.2 Å². The van der Waals surface area contributed by atoms with Crippen LogP contribution in [0.25, 0.3) is 0 Å². The van der Waals surface area contributed by atoms with Crippen LogP contribution in [-0.2, 0) is 0 Å². The molecule has 0 atom stereocenters. The fourth-order valence-electron chi connectivity index (χ4n) is 1.00. The zero-order chi connectivity index (χ0) is 9.14. The van der Waals surface area contributed by atoms with Gasteiger partial charge >= 0.3 is 0 Å². The van der Waals surface area contributed by atoms with Crippen LogP contribution in [0.15, 0.2) is 6.20 Å². The first-order valence-corrected chi connectivity index (χ1v) is 3.81. The van der Waals surface area contributed by atoms with Crippen molar-refractivity contribution in [2.45, 2.75) is 6.92 Å². The molecule has 0 aliphatic rings. The van der Waals surface area contributed by atoms with Crippen molar-refractivity contribution < 1.29 is 9.47 Å². The molecule has 3 nitrogen and oxygen atoms in total. The Morgan fingerprint density at radius 2 is 2.00 bits per heavy atom. The van der Waals surface area contributed by atoms with E-state index in [-0.39, 0.29) is 0 Å². The van der Waals surface area contributed by atoms with Gasteiger partial charge in [0, 0.05) is 0 Å². The minimum absolute atomic E-state index is 0.496. The Hall–Kier alpha value is -0.960. The van der Waals surface area contributed by atoms with Gasteiger partial charge in [-0.3, -0.25) is 0 Å². The standard InChI is InChI=1S/C8H10ClNO2/c1-5-7(11-2)6(9)4-10-8(5)12-3/h4H,1-3H3. The number of pyridine rings is 1. The zero-order valence-electron chi connectivity index (χ0n) is 7.22. The van der Waals surface area contributed by atoms with Crippen molar-refractivity contribution in [2.75, 3.05) is 14.2 Å². The molecule has 0 radical (unpaired) electrons. The van der Waals surface area contributed by atoms with Gasteiger partial charge < -0.3 is 9.47 Å². The van der Waals surface area contributed by atoms with Crippen molar-refractivity contribution >= 4 is 11.6 Å². The average molecular weight is 188 g/mol. The molecule has 0 unspecified atom stereocenters. The second-order valence-corrected chi connectivity index (χ2v) is 2.68. The number of hydrogen-bond acceptors (Lipinski definition) is 3. The van der Waals surface area contributed by atoms with Crippen LogP contribution in [0.2, 0.25) is 5.02 Å². The molecule has 1 aromatic rings. The van der Waals surface area contributed by atoms with Crippen LogP contribution in [0.5, 0.6) is 11.6 Å². The summed E-state index contributed by atoms with van der Waals surface area (Å²) in [4.78, 5) is 3.97. The number of aromatic nitrogens is 1.